The molecule has 0 unspecified atom stereocenters. The van der Waals surface area contributed by atoms with Gasteiger partial charge in [0.15, 0.2) is 0 Å². The number of rotatable bonds is 13. The zero-order valence-electron chi connectivity index (χ0n) is 17.1. The molecule has 2 aromatic rings. The minimum Gasteiger partial charge on any atom is -0.0654 e. The molecular weight excluding hydrogens is 312 g/mol. The van der Waals surface area contributed by atoms with Crippen molar-refractivity contribution in [1.29, 1.82) is 0 Å². The maximum atomic E-state index is 2.42. The smallest absolute Gasteiger partial charge is 0.0174 e. The van der Waals surface area contributed by atoms with Crippen LogP contribution in [0.15, 0.2) is 60.7 Å². The first-order chi connectivity index (χ1) is 12.8. The van der Waals surface area contributed by atoms with Crippen LogP contribution in [0.2, 0.25) is 0 Å². The molecule has 0 fully saturated rings. The third-order valence-electron chi connectivity index (χ3n) is 5.85. The highest BCUT2D eigenvalue weighted by Crippen LogP contribution is 2.36. The van der Waals surface area contributed by atoms with Gasteiger partial charge in [-0.2, -0.15) is 0 Å². The van der Waals surface area contributed by atoms with E-state index in [1.807, 2.05) is 0 Å². The van der Waals surface area contributed by atoms with Crippen LogP contribution in [-0.4, -0.2) is 0 Å². The average molecular weight is 351 g/mol. The summed E-state index contributed by atoms with van der Waals surface area (Å²) in [6.07, 6.45) is 15.2. The van der Waals surface area contributed by atoms with Gasteiger partial charge in [-0.3, -0.25) is 0 Å². The Morgan fingerprint density at radius 1 is 0.538 bits per heavy atom. The van der Waals surface area contributed by atoms with E-state index >= 15 is 0 Å². The molecule has 0 aliphatic rings. The molecule has 0 aliphatic heterocycles. The Bertz CT molecular complexity index is 530. The van der Waals surface area contributed by atoms with E-state index in [2.05, 4.69) is 74.5 Å². The van der Waals surface area contributed by atoms with Crippen LogP contribution in [0.5, 0.6) is 0 Å². The number of hydrogen-bond donors (Lipinski definition) is 0. The fraction of sp³-hybridized carbons (Fsp3) is 0.538. The van der Waals surface area contributed by atoms with Crippen molar-refractivity contribution in [2.45, 2.75) is 89.9 Å². The normalized spacial score (nSPS) is 11.6. The SMILES string of the molecule is CCCCCCCCCCCCC(C)(c1ccccc1)c1ccccc1. The van der Waals surface area contributed by atoms with Crippen LogP contribution in [0.1, 0.15) is 95.6 Å². The Kier molecular flexibility index (Phi) is 9.53. The maximum absolute atomic E-state index is 2.42. The molecule has 0 heteroatoms. The summed E-state index contributed by atoms with van der Waals surface area (Å²) in [4.78, 5) is 0. The van der Waals surface area contributed by atoms with E-state index in [0.29, 0.717) is 0 Å². The first-order valence-corrected chi connectivity index (χ1v) is 10.9. The first kappa shape index (κ1) is 20.7. The summed E-state index contributed by atoms with van der Waals surface area (Å²) in [6, 6.07) is 22.1. The number of hydrogen-bond acceptors (Lipinski definition) is 0. The molecule has 0 atom stereocenters. The molecule has 2 rings (SSSR count). The molecule has 0 aromatic heterocycles. The third-order valence-corrected chi connectivity index (χ3v) is 5.85. The molecule has 0 amide bonds. The zero-order chi connectivity index (χ0) is 18.5. The van der Waals surface area contributed by atoms with E-state index in [1.165, 1.54) is 81.8 Å². The molecule has 0 bridgehead atoms. The predicted octanol–water partition coefficient (Wildman–Crippen LogP) is 8.30. The summed E-state index contributed by atoms with van der Waals surface area (Å²) in [5.41, 5.74) is 3.02. The fourth-order valence-electron chi connectivity index (χ4n) is 4.03. The molecule has 26 heavy (non-hydrogen) atoms. The van der Waals surface area contributed by atoms with E-state index in [1.54, 1.807) is 0 Å². The lowest BCUT2D eigenvalue weighted by Crippen LogP contribution is -2.23. The Morgan fingerprint density at radius 3 is 1.35 bits per heavy atom. The molecule has 0 aliphatic carbocycles. The molecule has 0 nitrogen and oxygen atoms in total. The standard InChI is InChI=1S/C26H38/c1-3-4-5-6-7-8-9-10-11-18-23-26(2,24-19-14-12-15-20-24)25-21-16-13-17-22-25/h12-17,19-22H,3-11,18,23H2,1-2H3. The van der Waals surface area contributed by atoms with Crippen molar-refractivity contribution >= 4 is 0 Å². The molecule has 0 heterocycles. The van der Waals surface area contributed by atoms with Crippen molar-refractivity contribution in [1.82, 2.24) is 0 Å². The minimum absolute atomic E-state index is 0.128. The van der Waals surface area contributed by atoms with Gasteiger partial charge in [0.1, 0.15) is 0 Å². The summed E-state index contributed by atoms with van der Waals surface area (Å²) in [5, 5.41) is 0. The van der Waals surface area contributed by atoms with E-state index in [0.717, 1.165) is 0 Å². The van der Waals surface area contributed by atoms with Crippen LogP contribution in [-0.2, 0) is 5.41 Å². The maximum Gasteiger partial charge on any atom is 0.0174 e. The van der Waals surface area contributed by atoms with Gasteiger partial charge in [-0.05, 0) is 17.5 Å². The molecule has 142 valence electrons. The van der Waals surface area contributed by atoms with Gasteiger partial charge in [-0.1, -0.05) is 139 Å². The van der Waals surface area contributed by atoms with E-state index < -0.39 is 0 Å². The van der Waals surface area contributed by atoms with Crippen LogP contribution >= 0.6 is 0 Å². The summed E-state index contributed by atoms with van der Waals surface area (Å²) in [5.74, 6) is 0. The van der Waals surface area contributed by atoms with Crippen molar-refractivity contribution in [2.24, 2.45) is 0 Å². The topological polar surface area (TPSA) is 0 Å². The molecular formula is C26H38. The van der Waals surface area contributed by atoms with E-state index in [9.17, 15) is 0 Å². The summed E-state index contributed by atoms with van der Waals surface area (Å²) in [7, 11) is 0. The molecule has 0 spiro atoms. The van der Waals surface area contributed by atoms with Gasteiger partial charge in [0.25, 0.3) is 0 Å². The second kappa shape index (κ2) is 11.9. The van der Waals surface area contributed by atoms with Gasteiger partial charge >= 0.3 is 0 Å². The van der Waals surface area contributed by atoms with Crippen LogP contribution in [0, 0.1) is 0 Å². The highest BCUT2D eigenvalue weighted by atomic mass is 14.3. The van der Waals surface area contributed by atoms with Gasteiger partial charge in [-0.25, -0.2) is 0 Å². The van der Waals surface area contributed by atoms with Crippen molar-refractivity contribution in [3.05, 3.63) is 71.8 Å². The van der Waals surface area contributed by atoms with Crippen molar-refractivity contribution in [2.75, 3.05) is 0 Å². The Labute approximate surface area is 162 Å². The molecule has 0 N–H and O–H groups in total. The largest absolute Gasteiger partial charge is 0.0654 e. The van der Waals surface area contributed by atoms with E-state index in [4.69, 9.17) is 0 Å². The Morgan fingerprint density at radius 2 is 0.923 bits per heavy atom. The van der Waals surface area contributed by atoms with Crippen molar-refractivity contribution < 1.29 is 0 Å². The van der Waals surface area contributed by atoms with Crippen LogP contribution in [0.25, 0.3) is 0 Å². The summed E-state index contributed by atoms with van der Waals surface area (Å²) >= 11 is 0. The van der Waals surface area contributed by atoms with Crippen molar-refractivity contribution in [3.63, 3.8) is 0 Å². The van der Waals surface area contributed by atoms with Crippen LogP contribution in [0.3, 0.4) is 0 Å². The third kappa shape index (κ3) is 6.63. The number of benzene rings is 2. The molecule has 0 saturated carbocycles. The summed E-state index contributed by atoms with van der Waals surface area (Å²) in [6.45, 7) is 4.71. The van der Waals surface area contributed by atoms with Gasteiger partial charge < -0.3 is 0 Å². The lowest BCUT2D eigenvalue weighted by atomic mass is 9.72. The molecule has 2 aromatic carbocycles. The fourth-order valence-corrected chi connectivity index (χ4v) is 4.03. The zero-order valence-corrected chi connectivity index (χ0v) is 17.1. The second-order valence-corrected chi connectivity index (χ2v) is 8.00. The van der Waals surface area contributed by atoms with E-state index in [-0.39, 0.29) is 5.41 Å². The second-order valence-electron chi connectivity index (χ2n) is 8.00. The monoisotopic (exact) mass is 350 g/mol. The highest BCUT2D eigenvalue weighted by Gasteiger charge is 2.27. The van der Waals surface area contributed by atoms with Gasteiger partial charge in [0.2, 0.25) is 0 Å². The predicted molar refractivity (Wildman–Crippen MR) is 116 cm³/mol. The van der Waals surface area contributed by atoms with Gasteiger partial charge in [0.05, 0.1) is 0 Å². The van der Waals surface area contributed by atoms with Gasteiger partial charge in [0, 0.05) is 5.41 Å². The highest BCUT2D eigenvalue weighted by molar-refractivity contribution is 5.38. The Hall–Kier alpha value is -1.56. The van der Waals surface area contributed by atoms with Crippen LogP contribution in [0.4, 0.5) is 0 Å². The lowest BCUT2D eigenvalue weighted by molar-refractivity contribution is 0.469. The summed E-state index contributed by atoms with van der Waals surface area (Å²) < 4.78 is 0. The first-order valence-electron chi connectivity index (χ1n) is 10.9. The Balaban J connectivity index is 1.78. The number of unbranched alkanes of at least 4 members (excludes halogenated alkanes) is 9. The minimum atomic E-state index is 0.128. The van der Waals surface area contributed by atoms with Crippen LogP contribution < -0.4 is 0 Å². The molecule has 0 saturated heterocycles. The van der Waals surface area contributed by atoms with Gasteiger partial charge in [-0.15, -0.1) is 0 Å². The lowest BCUT2D eigenvalue weighted by Gasteiger charge is -2.31. The quantitative estimate of drug-likeness (QED) is 0.319. The van der Waals surface area contributed by atoms with Crippen molar-refractivity contribution in [3.8, 4) is 0 Å². The average Bonchev–Trinajstić information content (AvgIpc) is 2.70. The molecule has 0 radical (unpaired) electrons.